The molecule has 0 aliphatic rings. The first-order chi connectivity index (χ1) is 8.06. The van der Waals surface area contributed by atoms with Gasteiger partial charge in [0.2, 0.25) is 0 Å². The Labute approximate surface area is 109 Å². The topological polar surface area (TPSA) is 62.8 Å². The minimum absolute atomic E-state index is 0.0855. The van der Waals surface area contributed by atoms with Crippen LogP contribution in [0.15, 0.2) is 24.3 Å². The number of nitrogens with zero attached hydrogens (tertiary/aromatic N) is 1. The Morgan fingerprint density at radius 2 is 2.06 bits per heavy atom. The van der Waals surface area contributed by atoms with Gasteiger partial charge in [0.25, 0.3) is 0 Å². The first-order valence-corrected chi connectivity index (χ1v) is 6.31. The van der Waals surface area contributed by atoms with Crippen molar-refractivity contribution in [2.45, 2.75) is 13.3 Å². The summed E-state index contributed by atoms with van der Waals surface area (Å²) in [4.78, 5) is 5.17. The maximum Gasteiger partial charge on any atom is 0.135 e. The van der Waals surface area contributed by atoms with Gasteiger partial charge in [0.1, 0.15) is 5.84 Å². The van der Waals surface area contributed by atoms with E-state index in [9.17, 15) is 0 Å². The minimum Gasteiger partial charge on any atom is -0.383 e. The number of hydrogen-bond donors (Lipinski definition) is 2. The molecule has 0 radical (unpaired) electrons. The number of halogens is 1. The van der Waals surface area contributed by atoms with Crippen LogP contribution in [0.1, 0.15) is 21.1 Å². The molecule has 5 heteroatoms. The molecule has 1 heterocycles. The van der Waals surface area contributed by atoms with E-state index in [0.29, 0.717) is 0 Å². The van der Waals surface area contributed by atoms with E-state index < -0.39 is 0 Å². The monoisotopic (exact) mass is 265 g/mol. The van der Waals surface area contributed by atoms with Crippen molar-refractivity contribution in [1.29, 1.82) is 5.41 Å². The van der Waals surface area contributed by atoms with Crippen molar-refractivity contribution >= 4 is 28.8 Å². The van der Waals surface area contributed by atoms with Gasteiger partial charge in [-0.2, -0.15) is 0 Å². The molecule has 0 amide bonds. The van der Waals surface area contributed by atoms with Gasteiger partial charge in [0.05, 0.1) is 15.6 Å². The van der Waals surface area contributed by atoms with E-state index in [4.69, 9.17) is 22.7 Å². The van der Waals surface area contributed by atoms with Crippen LogP contribution in [0.4, 0.5) is 0 Å². The largest absolute Gasteiger partial charge is 0.383 e. The predicted octanol–water partition coefficient (Wildman–Crippen LogP) is 2.98. The van der Waals surface area contributed by atoms with Crippen molar-refractivity contribution < 1.29 is 0 Å². The van der Waals surface area contributed by atoms with E-state index in [1.165, 1.54) is 11.3 Å². The number of benzene rings is 1. The molecule has 3 nitrogen and oxygen atoms in total. The van der Waals surface area contributed by atoms with Crippen LogP contribution in [-0.4, -0.2) is 10.8 Å². The molecule has 0 aliphatic carbocycles. The van der Waals surface area contributed by atoms with Crippen LogP contribution in [0.2, 0.25) is 5.02 Å². The molecule has 0 bridgehead atoms. The van der Waals surface area contributed by atoms with Gasteiger partial charge in [-0.3, -0.25) is 5.41 Å². The Bertz CT molecular complexity index is 545. The molecule has 3 N–H and O–H groups in total. The molecular weight excluding hydrogens is 254 g/mol. The number of nitrogen functional groups attached to an aromatic ring is 1. The highest BCUT2D eigenvalue weighted by molar-refractivity contribution is 7.13. The van der Waals surface area contributed by atoms with Gasteiger partial charge in [0.15, 0.2) is 0 Å². The van der Waals surface area contributed by atoms with E-state index >= 15 is 0 Å². The quantitative estimate of drug-likeness (QED) is 0.662. The SMILES string of the molecule is Cc1nc(Cc2ccc(Cl)cc2)sc1C(=N)N. The zero-order chi connectivity index (χ0) is 12.4. The summed E-state index contributed by atoms with van der Waals surface area (Å²) in [6.07, 6.45) is 0.746. The fourth-order valence-corrected chi connectivity index (χ4v) is 2.64. The van der Waals surface area contributed by atoms with E-state index in [2.05, 4.69) is 4.98 Å². The van der Waals surface area contributed by atoms with Crippen molar-refractivity contribution in [2.24, 2.45) is 5.73 Å². The second-order valence-electron chi connectivity index (χ2n) is 3.74. The lowest BCUT2D eigenvalue weighted by atomic mass is 10.2. The van der Waals surface area contributed by atoms with Gasteiger partial charge < -0.3 is 5.73 Å². The predicted molar refractivity (Wildman–Crippen MR) is 72.1 cm³/mol. The number of aromatic nitrogens is 1. The van der Waals surface area contributed by atoms with Crippen molar-refractivity contribution in [3.8, 4) is 0 Å². The fourth-order valence-electron chi connectivity index (χ4n) is 1.55. The Morgan fingerprint density at radius 3 is 2.59 bits per heavy atom. The zero-order valence-corrected chi connectivity index (χ0v) is 10.9. The molecule has 0 atom stereocenters. The summed E-state index contributed by atoms with van der Waals surface area (Å²) >= 11 is 7.30. The van der Waals surface area contributed by atoms with Gasteiger partial charge >= 0.3 is 0 Å². The summed E-state index contributed by atoms with van der Waals surface area (Å²) in [6, 6.07) is 7.69. The molecule has 1 aromatic carbocycles. The first kappa shape index (κ1) is 12.1. The van der Waals surface area contributed by atoms with E-state index in [1.54, 1.807) is 0 Å². The van der Waals surface area contributed by atoms with Crippen LogP contribution in [0.5, 0.6) is 0 Å². The van der Waals surface area contributed by atoms with Gasteiger partial charge in [-0.15, -0.1) is 11.3 Å². The fraction of sp³-hybridized carbons (Fsp3) is 0.167. The molecule has 2 aromatic rings. The lowest BCUT2D eigenvalue weighted by Crippen LogP contribution is -2.10. The molecular formula is C12H12ClN3S. The number of thiazole rings is 1. The first-order valence-electron chi connectivity index (χ1n) is 5.11. The van der Waals surface area contributed by atoms with Crippen LogP contribution < -0.4 is 5.73 Å². The van der Waals surface area contributed by atoms with Gasteiger partial charge in [-0.05, 0) is 24.6 Å². The summed E-state index contributed by atoms with van der Waals surface area (Å²) < 4.78 is 0. The third kappa shape index (κ3) is 2.84. The molecule has 17 heavy (non-hydrogen) atoms. The number of aryl methyl sites for hydroxylation is 1. The number of nitrogens with one attached hydrogen (secondary N) is 1. The van der Waals surface area contributed by atoms with Crippen molar-refractivity contribution in [1.82, 2.24) is 4.98 Å². The summed E-state index contributed by atoms with van der Waals surface area (Å²) in [7, 11) is 0. The summed E-state index contributed by atoms with van der Waals surface area (Å²) in [5, 5.41) is 9.13. The molecule has 0 spiro atoms. The maximum atomic E-state index is 7.43. The van der Waals surface area contributed by atoms with Crippen molar-refractivity contribution in [3.05, 3.63) is 50.4 Å². The number of amidine groups is 1. The second-order valence-corrected chi connectivity index (χ2v) is 5.26. The average molecular weight is 266 g/mol. The molecule has 0 unspecified atom stereocenters. The minimum atomic E-state index is 0.0855. The highest BCUT2D eigenvalue weighted by Crippen LogP contribution is 2.21. The standard InChI is InChI=1S/C12H12ClN3S/c1-7-11(12(14)15)17-10(16-7)6-8-2-4-9(13)5-3-8/h2-5H,6H2,1H3,(H3,14,15). The third-order valence-corrected chi connectivity index (χ3v) is 3.80. The molecule has 0 saturated carbocycles. The Morgan fingerprint density at radius 1 is 1.41 bits per heavy atom. The molecule has 0 fully saturated rings. The molecule has 0 saturated heterocycles. The average Bonchev–Trinajstić information content (AvgIpc) is 2.63. The third-order valence-electron chi connectivity index (χ3n) is 2.35. The normalized spacial score (nSPS) is 10.5. The highest BCUT2D eigenvalue weighted by atomic mass is 35.5. The number of nitrogens with two attached hydrogens (primary N) is 1. The van der Waals surface area contributed by atoms with Gasteiger partial charge in [0, 0.05) is 11.4 Å². The molecule has 1 aromatic heterocycles. The molecule has 0 aliphatic heterocycles. The van der Waals surface area contributed by atoms with Gasteiger partial charge in [-0.25, -0.2) is 4.98 Å². The van der Waals surface area contributed by atoms with E-state index in [0.717, 1.165) is 32.6 Å². The Hall–Kier alpha value is -1.39. The number of rotatable bonds is 3. The lowest BCUT2D eigenvalue weighted by Gasteiger charge is -1.97. The van der Waals surface area contributed by atoms with Crippen LogP contribution in [0, 0.1) is 12.3 Å². The number of hydrogen-bond acceptors (Lipinski definition) is 3. The van der Waals surface area contributed by atoms with Crippen LogP contribution >= 0.6 is 22.9 Å². The van der Waals surface area contributed by atoms with Crippen LogP contribution in [-0.2, 0) is 6.42 Å². The molecule has 2 rings (SSSR count). The Kier molecular flexibility index (Phi) is 3.45. The van der Waals surface area contributed by atoms with Crippen molar-refractivity contribution in [2.75, 3.05) is 0 Å². The second kappa shape index (κ2) is 4.85. The highest BCUT2D eigenvalue weighted by Gasteiger charge is 2.10. The van der Waals surface area contributed by atoms with Crippen LogP contribution in [0.25, 0.3) is 0 Å². The Balaban J connectivity index is 2.22. The maximum absolute atomic E-state index is 7.43. The smallest absolute Gasteiger partial charge is 0.135 e. The van der Waals surface area contributed by atoms with Gasteiger partial charge in [-0.1, -0.05) is 23.7 Å². The summed E-state index contributed by atoms with van der Waals surface area (Å²) in [5.74, 6) is 0.0855. The van der Waals surface area contributed by atoms with E-state index in [1.807, 2.05) is 31.2 Å². The lowest BCUT2D eigenvalue weighted by molar-refractivity contribution is 1.10. The van der Waals surface area contributed by atoms with Crippen molar-refractivity contribution in [3.63, 3.8) is 0 Å². The summed E-state index contributed by atoms with van der Waals surface area (Å²) in [5.41, 5.74) is 7.45. The zero-order valence-electron chi connectivity index (χ0n) is 9.33. The van der Waals surface area contributed by atoms with E-state index in [-0.39, 0.29) is 5.84 Å². The summed E-state index contributed by atoms with van der Waals surface area (Å²) in [6.45, 7) is 1.87. The van der Waals surface area contributed by atoms with Crippen LogP contribution in [0.3, 0.4) is 0 Å². The molecule has 88 valence electrons.